The zero-order valence-electron chi connectivity index (χ0n) is 20.0. The molecule has 0 aromatic carbocycles. The average Bonchev–Trinajstić information content (AvgIpc) is 3.56. The van der Waals surface area contributed by atoms with E-state index in [9.17, 15) is 34.5 Å². The molecule has 1 aliphatic carbocycles. The standard InChI is InChI=1S/C20H29ClN5O11P/c21-19-24-16(23-10-3-1-2-4-10)11-5-22-26(17(11)25-19)18-15(31)14(30)12(37-18)6-36-20(8-27,38(32,33)34)9-35-7-13(28)29/h5,10,12,14-15,18,27,30-31H,1-4,6-9H2,(H,28,29)(H,23,24,25)(H2,32,33,34)/t12-,14-,15-,18-,20?/m1/s1. The van der Waals surface area contributed by atoms with Gasteiger partial charge in [-0.2, -0.15) is 15.1 Å². The summed E-state index contributed by atoms with van der Waals surface area (Å²) in [6.45, 7) is -3.81. The molecule has 0 bridgehead atoms. The Morgan fingerprint density at radius 3 is 2.61 bits per heavy atom. The number of fused-ring (bicyclic) bond motifs is 1. The normalized spacial score (nSPS) is 26.2. The smallest absolute Gasteiger partial charge is 0.361 e. The molecule has 1 unspecified atom stereocenters. The van der Waals surface area contributed by atoms with Crippen molar-refractivity contribution in [1.29, 1.82) is 0 Å². The molecule has 4 rings (SSSR count). The molecule has 0 spiro atoms. The molecule has 2 aromatic rings. The second-order valence-corrected chi connectivity index (χ2v) is 11.4. The number of hydrogen-bond donors (Lipinski definition) is 7. The van der Waals surface area contributed by atoms with Crippen LogP contribution in [0.2, 0.25) is 5.28 Å². The third-order valence-corrected chi connectivity index (χ3v) is 8.18. The van der Waals surface area contributed by atoms with E-state index in [-0.39, 0.29) is 17.0 Å². The highest BCUT2D eigenvalue weighted by Crippen LogP contribution is 2.51. The summed E-state index contributed by atoms with van der Waals surface area (Å²) >= 11 is 6.14. The first-order valence-corrected chi connectivity index (χ1v) is 13.7. The van der Waals surface area contributed by atoms with Gasteiger partial charge in [0.2, 0.25) is 10.6 Å². The molecule has 16 nitrogen and oxygen atoms in total. The van der Waals surface area contributed by atoms with Crippen LogP contribution in [0.15, 0.2) is 6.20 Å². The van der Waals surface area contributed by atoms with E-state index >= 15 is 0 Å². The highest BCUT2D eigenvalue weighted by molar-refractivity contribution is 7.53. The average molecular weight is 582 g/mol. The van der Waals surface area contributed by atoms with E-state index in [1.165, 1.54) is 10.9 Å². The summed E-state index contributed by atoms with van der Waals surface area (Å²) in [5, 5.41) is 45.1. The van der Waals surface area contributed by atoms with Crippen LogP contribution < -0.4 is 5.32 Å². The minimum atomic E-state index is -5.22. The zero-order chi connectivity index (χ0) is 27.7. The molecule has 212 valence electrons. The highest BCUT2D eigenvalue weighted by atomic mass is 35.5. The first-order chi connectivity index (χ1) is 18.0. The molecule has 1 aliphatic heterocycles. The lowest BCUT2D eigenvalue weighted by Crippen LogP contribution is -2.45. The molecule has 2 aromatic heterocycles. The van der Waals surface area contributed by atoms with Gasteiger partial charge >= 0.3 is 13.6 Å². The number of carbonyl (C=O) groups is 1. The summed E-state index contributed by atoms with van der Waals surface area (Å²) in [5.41, 5.74) is 0.213. The van der Waals surface area contributed by atoms with Crippen molar-refractivity contribution in [2.45, 2.75) is 61.6 Å². The molecule has 18 heteroatoms. The van der Waals surface area contributed by atoms with E-state index < -0.39 is 69.9 Å². The van der Waals surface area contributed by atoms with Gasteiger partial charge in [0.25, 0.3) is 0 Å². The Morgan fingerprint density at radius 2 is 1.97 bits per heavy atom. The lowest BCUT2D eigenvalue weighted by Gasteiger charge is -2.33. The van der Waals surface area contributed by atoms with Crippen molar-refractivity contribution in [2.24, 2.45) is 0 Å². The molecule has 2 aliphatic rings. The summed E-state index contributed by atoms with van der Waals surface area (Å²) in [4.78, 5) is 38.7. The van der Waals surface area contributed by atoms with Crippen molar-refractivity contribution in [2.75, 3.05) is 31.7 Å². The van der Waals surface area contributed by atoms with E-state index in [4.69, 9.17) is 30.9 Å². The molecule has 1 saturated carbocycles. The zero-order valence-corrected chi connectivity index (χ0v) is 21.6. The van der Waals surface area contributed by atoms with Crippen LogP contribution in [0.5, 0.6) is 0 Å². The van der Waals surface area contributed by atoms with E-state index in [2.05, 4.69) is 20.4 Å². The van der Waals surface area contributed by atoms with Crippen molar-refractivity contribution < 1.29 is 53.8 Å². The molecular weight excluding hydrogens is 553 g/mol. The minimum Gasteiger partial charge on any atom is -0.480 e. The van der Waals surface area contributed by atoms with Gasteiger partial charge in [-0.15, -0.1) is 0 Å². The number of hydrogen-bond acceptors (Lipinski definition) is 12. The predicted octanol–water partition coefficient (Wildman–Crippen LogP) is -0.563. The quantitative estimate of drug-likeness (QED) is 0.123. The fourth-order valence-electron chi connectivity index (χ4n) is 4.46. The number of nitrogens with zero attached hydrogens (tertiary/aromatic N) is 4. The topological polar surface area (TPSA) is 239 Å². The monoisotopic (exact) mass is 581 g/mol. The number of rotatable bonds is 12. The number of carboxylic acid groups (broad SMARTS) is 1. The number of aliphatic carboxylic acids is 1. The first kappa shape index (κ1) is 29.0. The number of carboxylic acids is 1. The number of halogens is 1. The maximum atomic E-state index is 12.1. The molecule has 7 N–H and O–H groups in total. The third kappa shape index (κ3) is 5.94. The Balaban J connectivity index is 1.52. The van der Waals surface area contributed by atoms with Gasteiger partial charge in [0.1, 0.15) is 30.7 Å². The summed E-state index contributed by atoms with van der Waals surface area (Å²) in [5.74, 6) is -0.943. The van der Waals surface area contributed by atoms with Gasteiger partial charge in [-0.3, -0.25) is 4.57 Å². The molecule has 5 atom stereocenters. The minimum absolute atomic E-state index is 0.0802. The van der Waals surface area contributed by atoms with E-state index in [1.807, 2.05) is 0 Å². The summed E-state index contributed by atoms with van der Waals surface area (Å²) in [6, 6.07) is 0.212. The van der Waals surface area contributed by atoms with Gasteiger partial charge in [-0.1, -0.05) is 12.8 Å². The SMILES string of the molecule is O=C(O)COCC(CO)(OC[C@H]1O[C@@H](n2ncc3c(NC4CCCC4)nc(Cl)nc32)[C@H](O)[C@@H]1O)P(=O)(O)O. The van der Waals surface area contributed by atoms with Crippen molar-refractivity contribution in [1.82, 2.24) is 19.7 Å². The molecule has 3 heterocycles. The molecule has 0 amide bonds. The fraction of sp³-hybridized carbons (Fsp3) is 0.700. The second kappa shape index (κ2) is 11.6. The van der Waals surface area contributed by atoms with Gasteiger partial charge in [-0.05, 0) is 24.4 Å². The Morgan fingerprint density at radius 1 is 1.26 bits per heavy atom. The Hall–Kier alpha value is -1.98. The summed E-state index contributed by atoms with van der Waals surface area (Å²) in [7, 11) is -5.22. The number of aliphatic hydroxyl groups is 3. The van der Waals surface area contributed by atoms with Crippen LogP contribution in [0.4, 0.5) is 5.82 Å². The van der Waals surface area contributed by atoms with E-state index in [1.54, 1.807) is 0 Å². The fourth-order valence-corrected chi connectivity index (χ4v) is 5.31. The number of nitrogens with one attached hydrogen (secondary N) is 1. The van der Waals surface area contributed by atoms with E-state index in [0.29, 0.717) is 11.2 Å². The maximum Gasteiger partial charge on any atom is 0.361 e. The lowest BCUT2D eigenvalue weighted by molar-refractivity contribution is -0.150. The van der Waals surface area contributed by atoms with Crippen LogP contribution in [0, 0.1) is 0 Å². The molecule has 1 saturated heterocycles. The second-order valence-electron chi connectivity index (χ2n) is 9.19. The van der Waals surface area contributed by atoms with Gasteiger partial charge in [0.05, 0.1) is 31.4 Å². The van der Waals surface area contributed by atoms with Gasteiger partial charge in [0, 0.05) is 6.04 Å². The summed E-state index contributed by atoms with van der Waals surface area (Å²) < 4.78 is 29.1. The number of aromatic nitrogens is 4. The van der Waals surface area contributed by atoms with Crippen molar-refractivity contribution >= 4 is 42.0 Å². The van der Waals surface area contributed by atoms with Crippen LogP contribution in [0.3, 0.4) is 0 Å². The molecule has 38 heavy (non-hydrogen) atoms. The van der Waals surface area contributed by atoms with Crippen LogP contribution in [-0.2, 0) is 23.6 Å². The Bertz CT molecular complexity index is 1190. The molecule has 0 radical (unpaired) electrons. The van der Waals surface area contributed by atoms with Crippen LogP contribution in [0.25, 0.3) is 11.0 Å². The maximum absolute atomic E-state index is 12.1. The number of anilines is 1. The van der Waals surface area contributed by atoms with Crippen LogP contribution >= 0.6 is 19.2 Å². The molecular formula is C20H29ClN5O11P. The Kier molecular flexibility index (Phi) is 8.88. The van der Waals surface area contributed by atoms with E-state index in [0.717, 1.165) is 25.7 Å². The van der Waals surface area contributed by atoms with Gasteiger partial charge in [-0.25, -0.2) is 9.48 Å². The highest BCUT2D eigenvalue weighted by Gasteiger charge is 2.51. The van der Waals surface area contributed by atoms with Gasteiger partial charge in [0.15, 0.2) is 11.9 Å². The largest absolute Gasteiger partial charge is 0.480 e. The van der Waals surface area contributed by atoms with Crippen molar-refractivity contribution in [3.8, 4) is 0 Å². The number of ether oxygens (including phenoxy) is 3. The molecule has 2 fully saturated rings. The van der Waals surface area contributed by atoms with Gasteiger partial charge < -0.3 is 49.7 Å². The lowest BCUT2D eigenvalue weighted by atomic mass is 10.1. The van der Waals surface area contributed by atoms with Crippen LogP contribution in [-0.4, -0.2) is 112 Å². The van der Waals surface area contributed by atoms with Crippen molar-refractivity contribution in [3.63, 3.8) is 0 Å². The third-order valence-electron chi connectivity index (χ3n) is 6.55. The predicted molar refractivity (Wildman–Crippen MR) is 128 cm³/mol. The van der Waals surface area contributed by atoms with Crippen LogP contribution in [0.1, 0.15) is 31.9 Å². The summed E-state index contributed by atoms with van der Waals surface area (Å²) in [6.07, 6.45) is -0.195. The Labute approximate surface area is 220 Å². The first-order valence-electron chi connectivity index (χ1n) is 11.7. The van der Waals surface area contributed by atoms with Crippen molar-refractivity contribution in [3.05, 3.63) is 11.5 Å². The number of aliphatic hydroxyl groups excluding tert-OH is 3.